The smallest absolute Gasteiger partial charge is 0.275 e. The monoisotopic (exact) mass is 428 g/mol. The van der Waals surface area contributed by atoms with Crippen LogP contribution in [-0.4, -0.2) is 22.2 Å². The average molecular weight is 429 g/mol. The lowest BCUT2D eigenvalue weighted by Crippen LogP contribution is -2.47. The van der Waals surface area contributed by atoms with Crippen molar-refractivity contribution in [2.24, 2.45) is 4.99 Å². The topological polar surface area (TPSA) is 32.7 Å². The third kappa shape index (κ3) is 3.83. The minimum atomic E-state index is -0.452. The maximum Gasteiger partial charge on any atom is 0.275 e. The van der Waals surface area contributed by atoms with Crippen LogP contribution in [0, 0.1) is 6.92 Å². The number of halogens is 2. The first-order valence-corrected chi connectivity index (χ1v) is 11.2. The van der Waals surface area contributed by atoms with Crippen LogP contribution in [0.4, 0.5) is 0 Å². The molecule has 5 heteroatoms. The quantitative estimate of drug-likeness (QED) is 0.518. The summed E-state index contributed by atoms with van der Waals surface area (Å²) in [6.07, 6.45) is 5.89. The summed E-state index contributed by atoms with van der Waals surface area (Å²) in [7, 11) is 0. The molecule has 152 valence electrons. The molecule has 0 bridgehead atoms. The fourth-order valence-electron chi connectivity index (χ4n) is 4.72. The molecule has 1 spiro atoms. The van der Waals surface area contributed by atoms with Crippen LogP contribution in [0.25, 0.3) is 0 Å². The number of carbonyl (C=O) groups is 1. The van der Waals surface area contributed by atoms with Crippen molar-refractivity contribution in [3.8, 4) is 0 Å². The van der Waals surface area contributed by atoms with Gasteiger partial charge in [-0.2, -0.15) is 0 Å². The van der Waals surface area contributed by atoms with E-state index in [1.807, 2.05) is 0 Å². The van der Waals surface area contributed by atoms with Gasteiger partial charge in [-0.05, 0) is 62.8 Å². The summed E-state index contributed by atoms with van der Waals surface area (Å²) in [5.41, 5.74) is 3.15. The highest BCUT2D eigenvalue weighted by molar-refractivity contribution is 6.47. The van der Waals surface area contributed by atoms with Crippen molar-refractivity contribution >= 4 is 34.8 Å². The molecular weight excluding hydrogens is 403 g/mol. The molecule has 0 N–H and O–H groups in total. The Labute approximate surface area is 182 Å². The van der Waals surface area contributed by atoms with Crippen molar-refractivity contribution in [3.05, 3.63) is 69.2 Å². The van der Waals surface area contributed by atoms with Gasteiger partial charge in [0.2, 0.25) is 0 Å². The van der Waals surface area contributed by atoms with E-state index in [0.29, 0.717) is 21.3 Å². The average Bonchev–Trinajstić information content (AvgIpc) is 3.25. The van der Waals surface area contributed by atoms with Gasteiger partial charge < -0.3 is 4.90 Å². The van der Waals surface area contributed by atoms with Crippen LogP contribution in [0.3, 0.4) is 0 Å². The first kappa shape index (κ1) is 20.4. The Bertz CT molecular complexity index is 926. The second-order valence-electron chi connectivity index (χ2n) is 8.20. The Balaban J connectivity index is 1.79. The van der Waals surface area contributed by atoms with Crippen LogP contribution in [0.1, 0.15) is 68.2 Å². The third-order valence-corrected chi connectivity index (χ3v) is 6.50. The number of hydrogen-bond donors (Lipinski definition) is 0. The van der Waals surface area contributed by atoms with Crippen LogP contribution in [-0.2, 0) is 4.79 Å². The third-order valence-electron chi connectivity index (χ3n) is 6.07. The molecule has 1 unspecified atom stereocenters. The number of hydrogen-bond acceptors (Lipinski definition) is 2. The number of rotatable bonds is 5. The molecule has 1 amide bonds. The molecule has 4 rings (SSSR count). The summed E-state index contributed by atoms with van der Waals surface area (Å²) in [5.74, 6) is -0.00995. The van der Waals surface area contributed by atoms with E-state index in [1.165, 1.54) is 11.1 Å². The molecule has 3 nitrogen and oxygen atoms in total. The highest BCUT2D eigenvalue weighted by Gasteiger charge is 2.51. The van der Waals surface area contributed by atoms with Gasteiger partial charge in [0.05, 0.1) is 6.04 Å². The van der Waals surface area contributed by atoms with Gasteiger partial charge in [0.25, 0.3) is 5.91 Å². The van der Waals surface area contributed by atoms with E-state index < -0.39 is 5.66 Å². The van der Waals surface area contributed by atoms with Crippen molar-refractivity contribution in [1.29, 1.82) is 0 Å². The van der Waals surface area contributed by atoms with Gasteiger partial charge >= 0.3 is 0 Å². The van der Waals surface area contributed by atoms with Crippen LogP contribution in [0.15, 0.2) is 47.5 Å². The molecule has 0 saturated heterocycles. The van der Waals surface area contributed by atoms with E-state index in [-0.39, 0.29) is 11.9 Å². The van der Waals surface area contributed by atoms with Crippen LogP contribution < -0.4 is 0 Å². The van der Waals surface area contributed by atoms with Crippen molar-refractivity contribution < 1.29 is 4.79 Å². The zero-order valence-corrected chi connectivity index (χ0v) is 18.4. The van der Waals surface area contributed by atoms with E-state index in [9.17, 15) is 4.79 Å². The molecule has 2 aliphatic rings. The number of aryl methyl sites for hydroxylation is 1. The van der Waals surface area contributed by atoms with Gasteiger partial charge in [-0.3, -0.25) is 9.79 Å². The summed E-state index contributed by atoms with van der Waals surface area (Å²) in [5, 5.41) is 1.04. The van der Waals surface area contributed by atoms with Crippen LogP contribution in [0.2, 0.25) is 10.0 Å². The van der Waals surface area contributed by atoms with Crippen molar-refractivity contribution in [2.45, 2.75) is 64.1 Å². The molecule has 29 heavy (non-hydrogen) atoms. The first-order chi connectivity index (χ1) is 13.9. The van der Waals surface area contributed by atoms with Crippen molar-refractivity contribution in [1.82, 2.24) is 4.90 Å². The van der Waals surface area contributed by atoms with E-state index in [4.69, 9.17) is 28.2 Å². The van der Waals surface area contributed by atoms with Crippen molar-refractivity contribution in [3.63, 3.8) is 0 Å². The molecular formula is C24H26Cl2N2O. The predicted molar refractivity (Wildman–Crippen MR) is 120 cm³/mol. The molecule has 0 aromatic heterocycles. The first-order valence-electron chi connectivity index (χ1n) is 10.4. The minimum Gasteiger partial charge on any atom is -0.305 e. The molecule has 0 radical (unpaired) electrons. The number of amides is 1. The Kier molecular flexibility index (Phi) is 5.72. The molecule has 1 saturated carbocycles. The molecule has 1 heterocycles. The van der Waals surface area contributed by atoms with E-state index in [2.05, 4.69) is 43.0 Å². The number of aliphatic imine (C=N–C) groups is 1. The summed E-state index contributed by atoms with van der Waals surface area (Å²) < 4.78 is 0. The highest BCUT2D eigenvalue weighted by Crippen LogP contribution is 2.46. The van der Waals surface area contributed by atoms with Gasteiger partial charge in [-0.1, -0.05) is 66.4 Å². The van der Waals surface area contributed by atoms with Gasteiger partial charge in [0.15, 0.2) is 0 Å². The fourth-order valence-corrected chi connectivity index (χ4v) is 5.25. The summed E-state index contributed by atoms with van der Waals surface area (Å²) in [6, 6.07) is 13.8. The molecule has 2 aromatic rings. The minimum absolute atomic E-state index is 0.00995. The number of benzene rings is 2. The fraction of sp³-hybridized carbons (Fsp3) is 0.417. The predicted octanol–water partition coefficient (Wildman–Crippen LogP) is 6.74. The van der Waals surface area contributed by atoms with E-state index in [0.717, 1.165) is 38.5 Å². The molecule has 2 aromatic carbocycles. The second kappa shape index (κ2) is 8.12. The summed E-state index contributed by atoms with van der Waals surface area (Å²) >= 11 is 12.4. The Morgan fingerprint density at radius 2 is 1.69 bits per heavy atom. The van der Waals surface area contributed by atoms with Gasteiger partial charge in [-0.15, -0.1) is 0 Å². The van der Waals surface area contributed by atoms with Gasteiger partial charge in [0.1, 0.15) is 11.4 Å². The number of nitrogens with zero attached hydrogens (tertiary/aromatic N) is 2. The zero-order chi connectivity index (χ0) is 20.6. The highest BCUT2D eigenvalue weighted by atomic mass is 35.5. The lowest BCUT2D eigenvalue weighted by molar-refractivity contribution is -0.131. The van der Waals surface area contributed by atoms with Crippen LogP contribution >= 0.6 is 23.2 Å². The van der Waals surface area contributed by atoms with Crippen LogP contribution in [0.5, 0.6) is 0 Å². The lowest BCUT2D eigenvalue weighted by Gasteiger charge is -2.39. The SMILES string of the molecule is CCCC(c1ccc(C)cc1)N1C(=O)C(c2cc(Cl)cc(Cl)c2)=NC12CCCC2. The zero-order valence-electron chi connectivity index (χ0n) is 16.9. The Hall–Kier alpha value is -1.84. The molecule has 1 aliphatic carbocycles. The summed E-state index contributed by atoms with van der Waals surface area (Å²) in [4.78, 5) is 20.9. The normalized spacial score (nSPS) is 19.1. The largest absolute Gasteiger partial charge is 0.305 e. The van der Waals surface area contributed by atoms with Gasteiger partial charge in [0, 0.05) is 15.6 Å². The number of carbonyl (C=O) groups excluding carboxylic acids is 1. The lowest BCUT2D eigenvalue weighted by atomic mass is 9.95. The van der Waals surface area contributed by atoms with Gasteiger partial charge in [-0.25, -0.2) is 0 Å². The Morgan fingerprint density at radius 1 is 1.07 bits per heavy atom. The molecule has 1 fully saturated rings. The van der Waals surface area contributed by atoms with E-state index in [1.54, 1.807) is 18.2 Å². The Morgan fingerprint density at radius 3 is 2.28 bits per heavy atom. The van der Waals surface area contributed by atoms with Crippen molar-refractivity contribution in [2.75, 3.05) is 0 Å². The molecule has 1 aliphatic heterocycles. The second-order valence-corrected chi connectivity index (χ2v) is 9.07. The maximum atomic E-state index is 13.8. The summed E-state index contributed by atoms with van der Waals surface area (Å²) in [6.45, 7) is 4.25. The van der Waals surface area contributed by atoms with E-state index >= 15 is 0 Å². The maximum absolute atomic E-state index is 13.8. The molecule has 1 atom stereocenters. The standard InChI is InChI=1S/C24H26Cl2N2O/c1-3-6-21(17-9-7-16(2)8-10-17)28-23(29)22(27-24(28)11-4-5-12-24)18-13-19(25)15-20(26)14-18/h7-10,13-15,21H,3-6,11-12H2,1-2H3.